The summed E-state index contributed by atoms with van der Waals surface area (Å²) < 4.78 is 10.5. The molecule has 0 radical (unpaired) electrons. The van der Waals surface area contributed by atoms with Crippen LogP contribution in [0.1, 0.15) is 18.1 Å². The molecular weight excluding hydrogens is 268 g/mol. The van der Waals surface area contributed by atoms with Gasteiger partial charge in [0.15, 0.2) is 0 Å². The van der Waals surface area contributed by atoms with Gasteiger partial charge in [-0.25, -0.2) is 0 Å². The normalized spacial score (nSPS) is 11.3. The molecule has 2 aromatic carbocycles. The molecule has 0 bridgehead atoms. The maximum absolute atomic E-state index is 9.65. The smallest absolute Gasteiger partial charge is 0.123 e. The molecule has 0 aliphatic carbocycles. The molecule has 0 saturated carbocycles. The van der Waals surface area contributed by atoms with Crippen molar-refractivity contribution in [2.45, 2.75) is 6.92 Å². The first-order valence-corrected chi connectivity index (χ1v) is 6.50. The number of hydrogen-bond acceptors (Lipinski definition) is 4. The van der Waals surface area contributed by atoms with Crippen LogP contribution in [0.25, 0.3) is 5.57 Å². The Hall–Kier alpha value is -2.62. The number of methoxy groups -OCH3 is 2. The van der Waals surface area contributed by atoms with Crippen molar-refractivity contribution in [2.75, 3.05) is 14.2 Å². The zero-order valence-electron chi connectivity index (χ0n) is 12.3. The van der Waals surface area contributed by atoms with Crippen LogP contribution in [0.4, 0.5) is 0 Å². The van der Waals surface area contributed by atoms with Gasteiger partial charge in [0.05, 0.1) is 14.2 Å². The SMILES string of the molecule is C/C=C(\c1cc(O)cc(O)c1)c1cc(OC)cc(OC)c1. The Morgan fingerprint density at radius 1 is 0.810 bits per heavy atom. The summed E-state index contributed by atoms with van der Waals surface area (Å²) >= 11 is 0. The third-order valence-corrected chi connectivity index (χ3v) is 3.16. The molecule has 2 aromatic rings. The molecule has 0 unspecified atom stereocenters. The van der Waals surface area contributed by atoms with Crippen LogP contribution in [0.3, 0.4) is 0 Å². The monoisotopic (exact) mass is 286 g/mol. The fraction of sp³-hybridized carbons (Fsp3) is 0.176. The van der Waals surface area contributed by atoms with Crippen molar-refractivity contribution in [3.63, 3.8) is 0 Å². The molecule has 0 aliphatic rings. The van der Waals surface area contributed by atoms with E-state index in [9.17, 15) is 10.2 Å². The van der Waals surface area contributed by atoms with Crippen LogP contribution in [0.2, 0.25) is 0 Å². The van der Waals surface area contributed by atoms with Gasteiger partial charge in [-0.2, -0.15) is 0 Å². The van der Waals surface area contributed by atoms with E-state index in [1.54, 1.807) is 32.4 Å². The molecule has 2 N–H and O–H groups in total. The highest BCUT2D eigenvalue weighted by Gasteiger charge is 2.10. The van der Waals surface area contributed by atoms with Crippen molar-refractivity contribution in [1.29, 1.82) is 0 Å². The van der Waals surface area contributed by atoms with Gasteiger partial charge in [0.25, 0.3) is 0 Å². The van der Waals surface area contributed by atoms with Crippen LogP contribution in [-0.2, 0) is 0 Å². The standard InChI is InChI=1S/C17H18O4/c1-4-17(11-5-13(18)9-14(19)6-11)12-7-15(20-2)10-16(8-12)21-3/h4-10,18-19H,1-3H3/b17-4+. The molecule has 0 heterocycles. The molecule has 2 rings (SSSR count). The molecule has 0 spiro atoms. The summed E-state index contributed by atoms with van der Waals surface area (Å²) in [5.74, 6) is 1.37. The Labute approximate surface area is 123 Å². The van der Waals surface area contributed by atoms with Crippen LogP contribution < -0.4 is 9.47 Å². The van der Waals surface area contributed by atoms with Gasteiger partial charge in [-0.05, 0) is 47.9 Å². The van der Waals surface area contributed by atoms with E-state index >= 15 is 0 Å². The molecule has 110 valence electrons. The lowest BCUT2D eigenvalue weighted by Gasteiger charge is -2.12. The summed E-state index contributed by atoms with van der Waals surface area (Å²) in [5.41, 5.74) is 2.45. The van der Waals surface area contributed by atoms with Gasteiger partial charge < -0.3 is 19.7 Å². The minimum absolute atomic E-state index is 0.0132. The van der Waals surface area contributed by atoms with E-state index in [2.05, 4.69) is 0 Å². The summed E-state index contributed by atoms with van der Waals surface area (Å²) in [7, 11) is 3.18. The van der Waals surface area contributed by atoms with E-state index in [1.807, 2.05) is 25.1 Å². The quantitative estimate of drug-likeness (QED) is 0.902. The molecule has 0 saturated heterocycles. The minimum Gasteiger partial charge on any atom is -0.508 e. The van der Waals surface area contributed by atoms with Gasteiger partial charge >= 0.3 is 0 Å². The zero-order valence-corrected chi connectivity index (χ0v) is 12.3. The van der Waals surface area contributed by atoms with Gasteiger partial charge in [0.1, 0.15) is 23.0 Å². The van der Waals surface area contributed by atoms with Crippen LogP contribution >= 0.6 is 0 Å². The molecule has 0 aromatic heterocycles. The lowest BCUT2D eigenvalue weighted by atomic mass is 9.97. The molecule has 0 fully saturated rings. The molecule has 4 heteroatoms. The van der Waals surface area contributed by atoms with Crippen LogP contribution in [0.5, 0.6) is 23.0 Å². The number of aromatic hydroxyl groups is 2. The molecule has 0 amide bonds. The maximum Gasteiger partial charge on any atom is 0.123 e. The average Bonchev–Trinajstić information content (AvgIpc) is 2.46. The Balaban J connectivity index is 2.56. The third kappa shape index (κ3) is 3.28. The molecule has 0 atom stereocenters. The lowest BCUT2D eigenvalue weighted by Crippen LogP contribution is -1.93. The van der Waals surface area contributed by atoms with E-state index in [-0.39, 0.29) is 11.5 Å². The van der Waals surface area contributed by atoms with Crippen molar-refractivity contribution in [1.82, 2.24) is 0 Å². The van der Waals surface area contributed by atoms with E-state index in [4.69, 9.17) is 9.47 Å². The van der Waals surface area contributed by atoms with Crippen molar-refractivity contribution < 1.29 is 19.7 Å². The number of ether oxygens (including phenoxy) is 2. The second-order valence-electron chi connectivity index (χ2n) is 4.54. The summed E-state index contributed by atoms with van der Waals surface area (Å²) in [5, 5.41) is 19.3. The van der Waals surface area contributed by atoms with E-state index in [0.29, 0.717) is 17.1 Å². The number of rotatable bonds is 4. The Bertz CT molecular complexity index is 632. The summed E-state index contributed by atoms with van der Waals surface area (Å²) in [4.78, 5) is 0. The predicted octanol–water partition coefficient (Wildman–Crippen LogP) is 3.57. The lowest BCUT2D eigenvalue weighted by molar-refractivity contribution is 0.394. The first kappa shape index (κ1) is 14.8. The number of hydrogen-bond donors (Lipinski definition) is 2. The van der Waals surface area contributed by atoms with E-state index in [0.717, 1.165) is 11.1 Å². The van der Waals surface area contributed by atoms with Gasteiger partial charge in [0.2, 0.25) is 0 Å². The Kier molecular flexibility index (Phi) is 4.38. The summed E-state index contributed by atoms with van der Waals surface area (Å²) in [6.07, 6.45) is 1.91. The predicted molar refractivity (Wildman–Crippen MR) is 82.1 cm³/mol. The van der Waals surface area contributed by atoms with Crippen molar-refractivity contribution in [3.8, 4) is 23.0 Å². The highest BCUT2D eigenvalue weighted by Crippen LogP contribution is 2.33. The highest BCUT2D eigenvalue weighted by atomic mass is 16.5. The Morgan fingerprint density at radius 2 is 1.29 bits per heavy atom. The van der Waals surface area contributed by atoms with Gasteiger partial charge in [-0.3, -0.25) is 0 Å². The minimum atomic E-state index is 0.0132. The summed E-state index contributed by atoms with van der Waals surface area (Å²) in [6, 6.07) is 10.0. The van der Waals surface area contributed by atoms with Crippen molar-refractivity contribution in [2.24, 2.45) is 0 Å². The fourth-order valence-corrected chi connectivity index (χ4v) is 2.21. The van der Waals surface area contributed by atoms with Crippen LogP contribution in [-0.4, -0.2) is 24.4 Å². The van der Waals surface area contributed by atoms with Gasteiger partial charge in [-0.15, -0.1) is 0 Å². The maximum atomic E-state index is 9.65. The third-order valence-electron chi connectivity index (χ3n) is 3.16. The van der Waals surface area contributed by atoms with Crippen LogP contribution in [0, 0.1) is 0 Å². The first-order chi connectivity index (χ1) is 10.1. The van der Waals surface area contributed by atoms with Gasteiger partial charge in [0, 0.05) is 12.1 Å². The fourth-order valence-electron chi connectivity index (χ4n) is 2.21. The topological polar surface area (TPSA) is 58.9 Å². The van der Waals surface area contributed by atoms with Crippen LogP contribution in [0.15, 0.2) is 42.5 Å². The number of benzene rings is 2. The molecule has 4 nitrogen and oxygen atoms in total. The highest BCUT2D eigenvalue weighted by molar-refractivity contribution is 5.82. The number of allylic oxidation sites excluding steroid dienone is 1. The first-order valence-electron chi connectivity index (χ1n) is 6.50. The van der Waals surface area contributed by atoms with Gasteiger partial charge in [-0.1, -0.05) is 6.08 Å². The number of phenols is 2. The second kappa shape index (κ2) is 6.22. The summed E-state index contributed by atoms with van der Waals surface area (Å²) in [6.45, 7) is 1.89. The average molecular weight is 286 g/mol. The second-order valence-corrected chi connectivity index (χ2v) is 4.54. The Morgan fingerprint density at radius 3 is 1.71 bits per heavy atom. The largest absolute Gasteiger partial charge is 0.508 e. The zero-order chi connectivity index (χ0) is 15.4. The van der Waals surface area contributed by atoms with E-state index in [1.165, 1.54) is 6.07 Å². The molecule has 0 aliphatic heterocycles. The van der Waals surface area contributed by atoms with E-state index < -0.39 is 0 Å². The molecule has 21 heavy (non-hydrogen) atoms. The number of phenolic OH excluding ortho intramolecular Hbond substituents is 2. The van der Waals surface area contributed by atoms with Crippen molar-refractivity contribution in [3.05, 3.63) is 53.6 Å². The molecular formula is C17H18O4. The van der Waals surface area contributed by atoms with Crippen molar-refractivity contribution >= 4 is 5.57 Å².